The van der Waals surface area contributed by atoms with Gasteiger partial charge in [0.25, 0.3) is 5.91 Å². The van der Waals surface area contributed by atoms with Gasteiger partial charge in [0, 0.05) is 52.0 Å². The van der Waals surface area contributed by atoms with Gasteiger partial charge < -0.3 is 14.8 Å². The molecule has 1 aliphatic carbocycles. The van der Waals surface area contributed by atoms with Gasteiger partial charge in [0.1, 0.15) is 0 Å². The molecule has 1 atom stereocenters. The summed E-state index contributed by atoms with van der Waals surface area (Å²) in [6.07, 6.45) is 4.22. The lowest BCUT2D eigenvalue weighted by Crippen LogP contribution is -2.54. The van der Waals surface area contributed by atoms with E-state index in [0.717, 1.165) is 37.4 Å². The number of aryl methyl sites for hydroxylation is 1. The number of amides is 2. The predicted octanol–water partition coefficient (Wildman–Crippen LogP) is -0.655. The summed E-state index contributed by atoms with van der Waals surface area (Å²) in [5.74, 6) is 1.09. The van der Waals surface area contributed by atoms with E-state index in [4.69, 9.17) is 0 Å². The number of hydrogen-bond acceptors (Lipinski definition) is 6. The van der Waals surface area contributed by atoms with Crippen molar-refractivity contribution in [3.8, 4) is 0 Å². The number of aromatic nitrogens is 5. The first kappa shape index (κ1) is 17.4. The van der Waals surface area contributed by atoms with Crippen molar-refractivity contribution in [1.29, 1.82) is 0 Å². The molecule has 2 aromatic rings. The Morgan fingerprint density at radius 3 is 2.75 bits per heavy atom. The van der Waals surface area contributed by atoms with Crippen molar-refractivity contribution in [2.24, 2.45) is 7.05 Å². The highest BCUT2D eigenvalue weighted by Crippen LogP contribution is 2.29. The number of carbonyl (C=O) groups is 2. The van der Waals surface area contributed by atoms with Crippen molar-refractivity contribution in [3.05, 3.63) is 29.6 Å². The molecule has 4 heterocycles. The molecule has 10 heteroatoms. The number of nitrogens with one attached hydrogen (secondary N) is 1. The zero-order valence-corrected chi connectivity index (χ0v) is 15.9. The fourth-order valence-electron chi connectivity index (χ4n) is 4.04. The van der Waals surface area contributed by atoms with E-state index in [0.29, 0.717) is 31.9 Å². The first-order valence-electron chi connectivity index (χ1n) is 9.83. The molecule has 2 aromatic heterocycles. The molecule has 3 aliphatic rings. The molecule has 148 valence electrons. The van der Waals surface area contributed by atoms with Gasteiger partial charge in [-0.05, 0) is 18.9 Å². The van der Waals surface area contributed by atoms with Gasteiger partial charge in [0.15, 0.2) is 5.82 Å². The van der Waals surface area contributed by atoms with E-state index in [2.05, 4.69) is 25.5 Å². The number of nitrogens with zero attached hydrogens (tertiary/aromatic N) is 7. The number of rotatable bonds is 4. The molecule has 1 saturated carbocycles. The molecule has 10 nitrogen and oxygen atoms in total. The first-order valence-corrected chi connectivity index (χ1v) is 9.83. The maximum absolute atomic E-state index is 12.8. The van der Waals surface area contributed by atoms with E-state index in [-0.39, 0.29) is 23.9 Å². The minimum atomic E-state index is -0.145. The third-order valence-electron chi connectivity index (χ3n) is 5.75. The summed E-state index contributed by atoms with van der Waals surface area (Å²) in [7, 11) is 1.85. The van der Waals surface area contributed by atoms with Crippen LogP contribution in [0.2, 0.25) is 0 Å². The summed E-state index contributed by atoms with van der Waals surface area (Å²) in [5, 5.41) is 15.8. The predicted molar refractivity (Wildman–Crippen MR) is 98.3 cm³/mol. The van der Waals surface area contributed by atoms with Crippen LogP contribution < -0.4 is 5.32 Å². The van der Waals surface area contributed by atoms with Crippen molar-refractivity contribution in [1.82, 2.24) is 39.7 Å². The first-order chi connectivity index (χ1) is 13.6. The summed E-state index contributed by atoms with van der Waals surface area (Å²) < 4.78 is 3.63. The van der Waals surface area contributed by atoms with Crippen LogP contribution >= 0.6 is 0 Å². The zero-order valence-electron chi connectivity index (χ0n) is 15.9. The summed E-state index contributed by atoms with van der Waals surface area (Å²) in [5.41, 5.74) is 0.778. The Balaban J connectivity index is 1.31. The highest BCUT2D eigenvalue weighted by molar-refractivity contribution is 5.91. The lowest BCUT2D eigenvalue weighted by atomic mass is 10.1. The second kappa shape index (κ2) is 6.69. The Kier molecular flexibility index (Phi) is 4.15. The zero-order chi connectivity index (χ0) is 19.3. The van der Waals surface area contributed by atoms with Gasteiger partial charge in [-0.1, -0.05) is 0 Å². The average molecular weight is 384 g/mol. The lowest BCUT2D eigenvalue weighted by molar-refractivity contribution is -0.134. The van der Waals surface area contributed by atoms with Gasteiger partial charge >= 0.3 is 0 Å². The molecule has 2 aliphatic heterocycles. The van der Waals surface area contributed by atoms with Gasteiger partial charge in [-0.15, -0.1) is 10.2 Å². The quantitative estimate of drug-likeness (QED) is 0.751. The second-order valence-electron chi connectivity index (χ2n) is 7.83. The second-order valence-corrected chi connectivity index (χ2v) is 7.83. The molecule has 2 amide bonds. The lowest BCUT2D eigenvalue weighted by Gasteiger charge is -2.43. The molecule has 0 bridgehead atoms. The molecule has 1 N–H and O–H groups in total. The third kappa shape index (κ3) is 3.17. The topological polar surface area (TPSA) is 101 Å². The molecule has 1 saturated heterocycles. The number of carbonyl (C=O) groups excluding carboxylic acids is 2. The minimum absolute atomic E-state index is 0.0230. The van der Waals surface area contributed by atoms with Crippen molar-refractivity contribution in [3.63, 3.8) is 0 Å². The molecule has 28 heavy (non-hydrogen) atoms. The van der Waals surface area contributed by atoms with Gasteiger partial charge in [0.2, 0.25) is 11.7 Å². The Morgan fingerprint density at radius 2 is 2.00 bits per heavy atom. The molecule has 2 fully saturated rings. The summed E-state index contributed by atoms with van der Waals surface area (Å²) in [6, 6.07) is 2.14. The minimum Gasteiger partial charge on any atom is -0.347 e. The Hall–Kier alpha value is -2.75. The highest BCUT2D eigenvalue weighted by Gasteiger charge is 2.38. The van der Waals surface area contributed by atoms with Crippen molar-refractivity contribution >= 4 is 11.8 Å². The summed E-state index contributed by atoms with van der Waals surface area (Å²) in [4.78, 5) is 29.4. The Labute approximate surface area is 162 Å². The molecule has 0 aromatic carbocycles. The average Bonchev–Trinajstić information content (AvgIpc) is 3.23. The summed E-state index contributed by atoms with van der Waals surface area (Å²) >= 11 is 0. The summed E-state index contributed by atoms with van der Waals surface area (Å²) in [6.45, 7) is 3.60. The van der Waals surface area contributed by atoms with Gasteiger partial charge in [-0.3, -0.25) is 19.2 Å². The van der Waals surface area contributed by atoms with E-state index in [1.54, 1.807) is 4.68 Å². The Morgan fingerprint density at radius 1 is 1.18 bits per heavy atom. The largest absolute Gasteiger partial charge is 0.347 e. The molecule has 5 rings (SSSR count). The van der Waals surface area contributed by atoms with E-state index in [9.17, 15) is 9.59 Å². The van der Waals surface area contributed by atoms with Crippen LogP contribution in [0.15, 0.2) is 12.3 Å². The maximum atomic E-state index is 12.8. The standard InChI is InChI=1S/C18H24N8O2/c1-23-5-4-13(22-23)10-15(27)25-7-6-24-8-9-26-16(14(24)11-25)20-21-17(26)18(28)19-12-2-3-12/h4-5,12,14H,2-3,6-11H2,1H3,(H,19,28). The van der Waals surface area contributed by atoms with Crippen LogP contribution in [0.3, 0.4) is 0 Å². The number of hydrogen-bond donors (Lipinski definition) is 1. The smallest absolute Gasteiger partial charge is 0.289 e. The number of piperazine rings is 1. The number of fused-ring (bicyclic) bond motifs is 3. The molecular formula is C18H24N8O2. The van der Waals surface area contributed by atoms with Crippen LogP contribution in [-0.4, -0.2) is 78.4 Å². The van der Waals surface area contributed by atoms with Crippen molar-refractivity contribution in [2.45, 2.75) is 37.9 Å². The van der Waals surface area contributed by atoms with Crippen LogP contribution in [0, 0.1) is 0 Å². The van der Waals surface area contributed by atoms with Crippen LogP contribution in [0.4, 0.5) is 0 Å². The maximum Gasteiger partial charge on any atom is 0.289 e. The van der Waals surface area contributed by atoms with Gasteiger partial charge in [-0.25, -0.2) is 0 Å². The fraction of sp³-hybridized carbons (Fsp3) is 0.611. The fourth-order valence-corrected chi connectivity index (χ4v) is 4.04. The molecular weight excluding hydrogens is 360 g/mol. The normalized spacial score (nSPS) is 21.9. The van der Waals surface area contributed by atoms with Crippen LogP contribution in [0.1, 0.15) is 41.0 Å². The highest BCUT2D eigenvalue weighted by atomic mass is 16.2. The van der Waals surface area contributed by atoms with E-state index < -0.39 is 0 Å². The third-order valence-corrected chi connectivity index (χ3v) is 5.75. The van der Waals surface area contributed by atoms with Gasteiger partial charge in [-0.2, -0.15) is 5.10 Å². The Bertz CT molecular complexity index is 915. The molecule has 0 spiro atoms. The van der Waals surface area contributed by atoms with Crippen molar-refractivity contribution < 1.29 is 9.59 Å². The van der Waals surface area contributed by atoms with Crippen LogP contribution in [0.25, 0.3) is 0 Å². The molecule has 1 unspecified atom stereocenters. The van der Waals surface area contributed by atoms with Gasteiger partial charge in [0.05, 0.1) is 18.2 Å². The van der Waals surface area contributed by atoms with Crippen LogP contribution in [0.5, 0.6) is 0 Å². The SMILES string of the molecule is Cn1ccc(CC(=O)N2CCN3CCn4c(C(=O)NC5CC5)nnc4C3C2)n1. The van der Waals surface area contributed by atoms with Crippen LogP contribution in [-0.2, 0) is 24.8 Å². The monoisotopic (exact) mass is 384 g/mol. The van der Waals surface area contributed by atoms with E-state index in [1.807, 2.05) is 28.8 Å². The van der Waals surface area contributed by atoms with Crippen molar-refractivity contribution in [2.75, 3.05) is 26.2 Å². The van der Waals surface area contributed by atoms with E-state index >= 15 is 0 Å². The molecule has 0 radical (unpaired) electrons. The van der Waals surface area contributed by atoms with E-state index in [1.165, 1.54) is 0 Å².